The van der Waals surface area contributed by atoms with E-state index in [0.717, 1.165) is 50.5 Å². The Labute approximate surface area is 165 Å². The third kappa shape index (κ3) is 5.78. The average molecular weight is 389 g/mol. The van der Waals surface area contributed by atoms with Gasteiger partial charge in [-0.2, -0.15) is 0 Å². The lowest BCUT2D eigenvalue weighted by molar-refractivity contribution is 0.0730. The molecule has 1 saturated heterocycles. The summed E-state index contributed by atoms with van der Waals surface area (Å²) in [4.78, 5) is 16.8. The minimum atomic E-state index is -0.321. The van der Waals surface area contributed by atoms with Crippen LogP contribution in [0.1, 0.15) is 28.8 Å². The molecule has 2 aromatic rings. The van der Waals surface area contributed by atoms with Crippen molar-refractivity contribution in [1.82, 2.24) is 9.80 Å². The number of carbonyl (C=O) groups is 1. The van der Waals surface area contributed by atoms with Crippen molar-refractivity contribution < 1.29 is 9.18 Å². The zero-order valence-corrected chi connectivity index (χ0v) is 16.5. The number of hydrogen-bond donors (Lipinski definition) is 0. The minimum absolute atomic E-state index is 0.0479. The predicted octanol–water partition coefficient (Wildman–Crippen LogP) is 4.51. The molecule has 2 aromatic carbocycles. The molecule has 0 saturated carbocycles. The van der Waals surface area contributed by atoms with Gasteiger partial charge in [0.05, 0.1) is 0 Å². The molecule has 0 N–H and O–H groups in total. The standard InChI is InChI=1S/C22H26ClFN2O/c1-25(22(27)19-6-10-21(24)11-7-19)15-18-3-2-13-26(16-18)14-12-17-4-8-20(23)9-5-17/h4-11,18H,2-3,12-16H2,1H3/t18-/m0/s1. The van der Waals surface area contributed by atoms with Crippen LogP contribution in [0.3, 0.4) is 0 Å². The van der Waals surface area contributed by atoms with Crippen LogP contribution in [0.15, 0.2) is 48.5 Å². The fourth-order valence-corrected chi connectivity index (χ4v) is 3.85. The van der Waals surface area contributed by atoms with E-state index in [9.17, 15) is 9.18 Å². The Morgan fingerprint density at radius 1 is 1.19 bits per heavy atom. The second-order valence-electron chi connectivity index (χ2n) is 7.38. The number of nitrogens with zero attached hydrogens (tertiary/aromatic N) is 2. The predicted molar refractivity (Wildman–Crippen MR) is 108 cm³/mol. The second kappa shape index (κ2) is 9.34. The van der Waals surface area contributed by atoms with Crippen LogP contribution < -0.4 is 0 Å². The van der Waals surface area contributed by atoms with Crippen molar-refractivity contribution in [1.29, 1.82) is 0 Å². The van der Waals surface area contributed by atoms with Gasteiger partial charge in [-0.05, 0) is 73.7 Å². The molecule has 27 heavy (non-hydrogen) atoms. The highest BCUT2D eigenvalue weighted by Gasteiger charge is 2.23. The molecule has 0 bridgehead atoms. The first-order valence-electron chi connectivity index (χ1n) is 9.49. The van der Waals surface area contributed by atoms with Gasteiger partial charge in [0.1, 0.15) is 5.82 Å². The summed E-state index contributed by atoms with van der Waals surface area (Å²) in [7, 11) is 1.83. The molecule has 1 amide bonds. The Kier molecular flexibility index (Phi) is 6.86. The highest BCUT2D eigenvalue weighted by atomic mass is 35.5. The van der Waals surface area contributed by atoms with E-state index in [1.807, 2.05) is 19.2 Å². The highest BCUT2D eigenvalue weighted by Crippen LogP contribution is 2.19. The van der Waals surface area contributed by atoms with Gasteiger partial charge in [-0.25, -0.2) is 4.39 Å². The summed E-state index contributed by atoms with van der Waals surface area (Å²) in [6, 6.07) is 13.8. The zero-order valence-electron chi connectivity index (χ0n) is 15.7. The number of likely N-dealkylation sites (tertiary alicyclic amines) is 1. The molecule has 1 aliphatic heterocycles. The molecule has 1 fully saturated rings. The number of rotatable bonds is 6. The van der Waals surface area contributed by atoms with Gasteiger partial charge in [-0.15, -0.1) is 0 Å². The topological polar surface area (TPSA) is 23.6 Å². The summed E-state index contributed by atoms with van der Waals surface area (Å²) in [5.41, 5.74) is 1.83. The molecule has 1 aliphatic rings. The molecule has 3 rings (SSSR count). The van der Waals surface area contributed by atoms with Crippen molar-refractivity contribution in [2.45, 2.75) is 19.3 Å². The van der Waals surface area contributed by atoms with Crippen molar-refractivity contribution in [3.8, 4) is 0 Å². The van der Waals surface area contributed by atoms with Crippen molar-refractivity contribution in [2.75, 3.05) is 33.2 Å². The molecule has 0 spiro atoms. The quantitative estimate of drug-likeness (QED) is 0.727. The summed E-state index contributed by atoms with van der Waals surface area (Å²) < 4.78 is 13.0. The Bertz CT molecular complexity index is 748. The normalized spacial score (nSPS) is 17.7. The SMILES string of the molecule is CN(C[C@@H]1CCCN(CCc2ccc(Cl)cc2)C1)C(=O)c1ccc(F)cc1. The van der Waals surface area contributed by atoms with Crippen molar-refractivity contribution in [3.05, 3.63) is 70.5 Å². The van der Waals surface area contributed by atoms with Crippen LogP contribution in [0.25, 0.3) is 0 Å². The molecule has 144 valence electrons. The molecule has 5 heteroatoms. The Balaban J connectivity index is 1.49. The van der Waals surface area contributed by atoms with Crippen molar-refractivity contribution in [2.24, 2.45) is 5.92 Å². The summed E-state index contributed by atoms with van der Waals surface area (Å²) in [6.45, 7) is 3.87. The molecule has 0 aromatic heterocycles. The van der Waals surface area contributed by atoms with Gasteiger partial charge in [-0.1, -0.05) is 23.7 Å². The maximum absolute atomic E-state index is 13.0. The molecule has 3 nitrogen and oxygen atoms in total. The van der Waals surface area contributed by atoms with Crippen molar-refractivity contribution >= 4 is 17.5 Å². The number of hydrogen-bond acceptors (Lipinski definition) is 2. The Morgan fingerprint density at radius 3 is 2.59 bits per heavy atom. The van der Waals surface area contributed by atoms with E-state index in [-0.39, 0.29) is 11.7 Å². The third-order valence-electron chi connectivity index (χ3n) is 5.20. The summed E-state index contributed by atoms with van der Waals surface area (Å²) in [6.07, 6.45) is 3.30. The summed E-state index contributed by atoms with van der Waals surface area (Å²) in [5.74, 6) is 0.101. The summed E-state index contributed by atoms with van der Waals surface area (Å²) >= 11 is 5.94. The van der Waals surface area contributed by atoms with Crippen LogP contribution in [0.4, 0.5) is 4.39 Å². The van der Waals surface area contributed by atoms with Crippen LogP contribution >= 0.6 is 11.6 Å². The average Bonchev–Trinajstić information content (AvgIpc) is 2.68. The van der Waals surface area contributed by atoms with Gasteiger partial charge in [-0.3, -0.25) is 4.79 Å². The van der Waals surface area contributed by atoms with Gasteiger partial charge in [0.2, 0.25) is 0 Å². The first-order valence-corrected chi connectivity index (χ1v) is 9.87. The van der Waals surface area contributed by atoms with E-state index in [1.165, 1.54) is 17.7 Å². The lowest BCUT2D eigenvalue weighted by atomic mass is 9.96. The smallest absolute Gasteiger partial charge is 0.253 e. The first kappa shape index (κ1) is 19.8. The van der Waals surface area contributed by atoms with E-state index in [0.29, 0.717) is 11.5 Å². The molecular weight excluding hydrogens is 363 g/mol. The highest BCUT2D eigenvalue weighted by molar-refractivity contribution is 6.30. The van der Waals surface area contributed by atoms with Crippen LogP contribution in [0.5, 0.6) is 0 Å². The zero-order chi connectivity index (χ0) is 19.2. The lowest BCUT2D eigenvalue weighted by Crippen LogP contribution is -2.42. The minimum Gasteiger partial charge on any atom is -0.341 e. The van der Waals surface area contributed by atoms with Crippen LogP contribution in [0, 0.1) is 11.7 Å². The van der Waals surface area contributed by atoms with E-state index >= 15 is 0 Å². The maximum Gasteiger partial charge on any atom is 0.253 e. The fourth-order valence-electron chi connectivity index (χ4n) is 3.72. The van der Waals surface area contributed by atoms with Gasteiger partial charge in [0.15, 0.2) is 0 Å². The Hall–Kier alpha value is -1.91. The Morgan fingerprint density at radius 2 is 1.89 bits per heavy atom. The second-order valence-corrected chi connectivity index (χ2v) is 7.81. The third-order valence-corrected chi connectivity index (χ3v) is 5.45. The number of halogens is 2. The first-order chi connectivity index (χ1) is 13.0. The molecule has 1 atom stereocenters. The number of amides is 1. The number of piperidine rings is 1. The van der Waals surface area contributed by atoms with E-state index in [4.69, 9.17) is 11.6 Å². The maximum atomic E-state index is 13.0. The lowest BCUT2D eigenvalue weighted by Gasteiger charge is -2.34. The largest absolute Gasteiger partial charge is 0.341 e. The number of carbonyl (C=O) groups excluding carboxylic acids is 1. The van der Waals surface area contributed by atoms with E-state index < -0.39 is 0 Å². The van der Waals surface area contributed by atoms with E-state index in [1.54, 1.807) is 17.0 Å². The fraction of sp³-hybridized carbons (Fsp3) is 0.409. The molecule has 0 unspecified atom stereocenters. The monoisotopic (exact) mass is 388 g/mol. The van der Waals surface area contributed by atoms with E-state index in [2.05, 4.69) is 17.0 Å². The molecule has 0 aliphatic carbocycles. The van der Waals surface area contributed by atoms with Gasteiger partial charge in [0.25, 0.3) is 5.91 Å². The van der Waals surface area contributed by atoms with Crippen LogP contribution in [-0.4, -0.2) is 48.9 Å². The van der Waals surface area contributed by atoms with Crippen molar-refractivity contribution in [3.63, 3.8) is 0 Å². The summed E-state index contributed by atoms with van der Waals surface area (Å²) in [5, 5.41) is 0.769. The molecule has 0 radical (unpaired) electrons. The van der Waals surface area contributed by atoms with Crippen LogP contribution in [-0.2, 0) is 6.42 Å². The number of benzene rings is 2. The van der Waals surface area contributed by atoms with Crippen LogP contribution in [0.2, 0.25) is 5.02 Å². The van der Waals surface area contributed by atoms with Gasteiger partial charge < -0.3 is 9.80 Å². The van der Waals surface area contributed by atoms with Gasteiger partial charge >= 0.3 is 0 Å². The molecular formula is C22H26ClFN2O. The molecule has 1 heterocycles. The van der Waals surface area contributed by atoms with Gasteiger partial charge in [0, 0.05) is 37.3 Å².